The third-order valence-electron chi connectivity index (χ3n) is 3.01. The van der Waals surface area contributed by atoms with E-state index in [0.29, 0.717) is 5.02 Å². The van der Waals surface area contributed by atoms with Gasteiger partial charge in [0.1, 0.15) is 10.8 Å². The second-order valence-electron chi connectivity index (χ2n) is 4.72. The summed E-state index contributed by atoms with van der Waals surface area (Å²) in [5, 5.41) is 13.9. The molecule has 2 aromatic rings. The van der Waals surface area contributed by atoms with E-state index in [1.807, 2.05) is 0 Å². The largest absolute Gasteiger partial charge is 0.479 e. The molecule has 0 aliphatic carbocycles. The Morgan fingerprint density at radius 2 is 1.92 bits per heavy atom. The molecule has 0 heterocycles. The number of amides is 1. The quantitative estimate of drug-likeness (QED) is 0.579. The third-order valence-corrected chi connectivity index (χ3v) is 4.14. The van der Waals surface area contributed by atoms with Gasteiger partial charge < -0.3 is 10.1 Å². The van der Waals surface area contributed by atoms with E-state index < -0.39 is 16.9 Å². The lowest BCUT2D eigenvalue weighted by Crippen LogP contribution is -2.30. The molecule has 9 heteroatoms. The molecule has 0 aliphatic heterocycles. The minimum Gasteiger partial charge on any atom is -0.479 e. The van der Waals surface area contributed by atoms with Crippen LogP contribution in [0.5, 0.6) is 5.75 Å². The number of benzene rings is 2. The molecule has 0 aliphatic rings. The van der Waals surface area contributed by atoms with Crippen LogP contribution in [0.2, 0.25) is 15.1 Å². The molecule has 0 bridgehead atoms. The SMILES string of the molecule is CC(Oc1cccc(Cl)c1Cl)C(=O)Nc1cc([N+](=O)[O-])ccc1Cl. The molecule has 0 radical (unpaired) electrons. The molecule has 0 spiro atoms. The topological polar surface area (TPSA) is 81.5 Å². The van der Waals surface area contributed by atoms with Crippen LogP contribution in [0.25, 0.3) is 0 Å². The van der Waals surface area contributed by atoms with Gasteiger partial charge in [-0.05, 0) is 25.1 Å². The number of halogens is 3. The van der Waals surface area contributed by atoms with Gasteiger partial charge in [-0.1, -0.05) is 40.9 Å². The van der Waals surface area contributed by atoms with Gasteiger partial charge in [-0.2, -0.15) is 0 Å². The maximum absolute atomic E-state index is 12.2. The van der Waals surface area contributed by atoms with Crippen LogP contribution in [-0.2, 0) is 4.79 Å². The first kappa shape index (κ1) is 18.3. The molecular formula is C15H11Cl3N2O4. The molecule has 2 aromatic carbocycles. The molecule has 6 nitrogen and oxygen atoms in total. The van der Waals surface area contributed by atoms with Crippen molar-refractivity contribution >= 4 is 52.1 Å². The van der Waals surface area contributed by atoms with Crippen molar-refractivity contribution in [3.63, 3.8) is 0 Å². The Labute approximate surface area is 152 Å². The average molecular weight is 390 g/mol. The molecule has 1 unspecified atom stereocenters. The molecule has 24 heavy (non-hydrogen) atoms. The summed E-state index contributed by atoms with van der Waals surface area (Å²) >= 11 is 17.8. The molecule has 1 N–H and O–H groups in total. The Kier molecular flexibility index (Phi) is 5.88. The van der Waals surface area contributed by atoms with Gasteiger partial charge in [0.15, 0.2) is 6.10 Å². The van der Waals surface area contributed by atoms with Crippen molar-refractivity contribution in [2.75, 3.05) is 5.32 Å². The summed E-state index contributed by atoms with van der Waals surface area (Å²) in [6, 6.07) is 8.52. The third kappa shape index (κ3) is 4.29. The summed E-state index contributed by atoms with van der Waals surface area (Å²) in [6.45, 7) is 1.50. The highest BCUT2D eigenvalue weighted by molar-refractivity contribution is 6.42. The summed E-state index contributed by atoms with van der Waals surface area (Å²) in [7, 11) is 0. The summed E-state index contributed by atoms with van der Waals surface area (Å²) < 4.78 is 5.47. The Hall–Kier alpha value is -2.02. The van der Waals surface area contributed by atoms with Gasteiger partial charge in [0.05, 0.1) is 20.7 Å². The molecule has 1 amide bonds. The lowest BCUT2D eigenvalue weighted by atomic mass is 10.2. The number of carbonyl (C=O) groups excluding carboxylic acids is 1. The summed E-state index contributed by atoms with van der Waals surface area (Å²) in [6.07, 6.45) is -0.934. The first-order valence-corrected chi connectivity index (χ1v) is 7.78. The van der Waals surface area contributed by atoms with Crippen molar-refractivity contribution in [1.29, 1.82) is 0 Å². The van der Waals surface area contributed by atoms with Crippen molar-refractivity contribution in [3.05, 3.63) is 61.6 Å². The Balaban J connectivity index is 2.13. The molecule has 126 valence electrons. The zero-order chi connectivity index (χ0) is 17.9. The van der Waals surface area contributed by atoms with Crippen molar-refractivity contribution in [1.82, 2.24) is 0 Å². The number of nitrogens with one attached hydrogen (secondary N) is 1. The number of nitro benzene ring substituents is 1. The van der Waals surface area contributed by atoms with E-state index in [4.69, 9.17) is 39.5 Å². The van der Waals surface area contributed by atoms with Crippen molar-refractivity contribution in [3.8, 4) is 5.75 Å². The van der Waals surface area contributed by atoms with Crippen molar-refractivity contribution < 1.29 is 14.5 Å². The maximum Gasteiger partial charge on any atom is 0.271 e. The summed E-state index contributed by atoms with van der Waals surface area (Å²) in [5.74, 6) is -0.301. The number of rotatable bonds is 5. The average Bonchev–Trinajstić information content (AvgIpc) is 2.53. The summed E-state index contributed by atoms with van der Waals surface area (Å²) in [5.41, 5.74) is -0.0790. The van der Waals surface area contributed by atoms with Gasteiger partial charge in [0.25, 0.3) is 11.6 Å². The van der Waals surface area contributed by atoms with Crippen LogP contribution in [-0.4, -0.2) is 16.9 Å². The number of non-ortho nitro benzene ring substituents is 1. The monoisotopic (exact) mass is 388 g/mol. The van der Waals surface area contributed by atoms with Crippen LogP contribution >= 0.6 is 34.8 Å². The van der Waals surface area contributed by atoms with Gasteiger partial charge in [-0.3, -0.25) is 14.9 Å². The van der Waals surface area contributed by atoms with E-state index in [-0.39, 0.29) is 27.2 Å². The molecule has 0 fully saturated rings. The minimum absolute atomic E-state index is 0.114. The predicted molar refractivity (Wildman–Crippen MR) is 93.3 cm³/mol. The Morgan fingerprint density at radius 3 is 2.58 bits per heavy atom. The molecular weight excluding hydrogens is 379 g/mol. The van der Waals surface area contributed by atoms with E-state index in [1.165, 1.54) is 25.1 Å². The number of nitro groups is 1. The predicted octanol–water partition coefficient (Wildman–Crippen LogP) is 4.96. The fourth-order valence-corrected chi connectivity index (χ4v) is 2.28. The van der Waals surface area contributed by atoms with Crippen molar-refractivity contribution in [2.45, 2.75) is 13.0 Å². The maximum atomic E-state index is 12.2. The van der Waals surface area contributed by atoms with Crippen LogP contribution in [0.1, 0.15) is 6.92 Å². The van der Waals surface area contributed by atoms with E-state index in [1.54, 1.807) is 18.2 Å². The standard InChI is InChI=1S/C15H11Cl3N2O4/c1-8(24-13-4-2-3-11(17)14(13)18)15(21)19-12-7-9(20(22)23)5-6-10(12)16/h2-8H,1H3,(H,19,21). The Bertz CT molecular complexity index is 798. The van der Waals surface area contributed by atoms with E-state index >= 15 is 0 Å². The van der Waals surface area contributed by atoms with Gasteiger partial charge in [-0.25, -0.2) is 0 Å². The van der Waals surface area contributed by atoms with E-state index in [9.17, 15) is 14.9 Å². The number of hydrogen-bond acceptors (Lipinski definition) is 4. The lowest BCUT2D eigenvalue weighted by Gasteiger charge is -2.16. The zero-order valence-electron chi connectivity index (χ0n) is 12.3. The molecule has 0 aromatic heterocycles. The molecule has 1 atom stereocenters. The highest BCUT2D eigenvalue weighted by Crippen LogP contribution is 2.32. The van der Waals surface area contributed by atoms with Crippen LogP contribution in [0.15, 0.2) is 36.4 Å². The van der Waals surface area contributed by atoms with Gasteiger partial charge in [0, 0.05) is 12.1 Å². The number of anilines is 1. The van der Waals surface area contributed by atoms with Crippen LogP contribution in [0, 0.1) is 10.1 Å². The fourth-order valence-electron chi connectivity index (χ4n) is 1.78. The van der Waals surface area contributed by atoms with Gasteiger partial charge in [0.2, 0.25) is 0 Å². The molecule has 0 saturated carbocycles. The van der Waals surface area contributed by atoms with E-state index in [0.717, 1.165) is 0 Å². The minimum atomic E-state index is -0.934. The van der Waals surface area contributed by atoms with Gasteiger partial charge in [-0.15, -0.1) is 0 Å². The first-order valence-electron chi connectivity index (χ1n) is 6.65. The van der Waals surface area contributed by atoms with Crippen LogP contribution < -0.4 is 10.1 Å². The lowest BCUT2D eigenvalue weighted by molar-refractivity contribution is -0.384. The Morgan fingerprint density at radius 1 is 1.21 bits per heavy atom. The van der Waals surface area contributed by atoms with E-state index in [2.05, 4.69) is 5.32 Å². The first-order chi connectivity index (χ1) is 11.3. The summed E-state index contributed by atoms with van der Waals surface area (Å²) in [4.78, 5) is 22.4. The van der Waals surface area contributed by atoms with Crippen LogP contribution in [0.4, 0.5) is 11.4 Å². The normalized spacial score (nSPS) is 11.7. The highest BCUT2D eigenvalue weighted by Gasteiger charge is 2.19. The second-order valence-corrected chi connectivity index (χ2v) is 5.91. The highest BCUT2D eigenvalue weighted by atomic mass is 35.5. The smallest absolute Gasteiger partial charge is 0.271 e. The fraction of sp³-hybridized carbons (Fsp3) is 0.133. The van der Waals surface area contributed by atoms with Crippen LogP contribution in [0.3, 0.4) is 0 Å². The number of nitrogens with zero attached hydrogens (tertiary/aromatic N) is 1. The van der Waals surface area contributed by atoms with Gasteiger partial charge >= 0.3 is 0 Å². The number of hydrogen-bond donors (Lipinski definition) is 1. The van der Waals surface area contributed by atoms with Crippen molar-refractivity contribution in [2.24, 2.45) is 0 Å². The zero-order valence-corrected chi connectivity index (χ0v) is 14.5. The second kappa shape index (κ2) is 7.70. The molecule has 2 rings (SSSR count). The number of carbonyl (C=O) groups is 1. The number of ether oxygens (including phenoxy) is 1. The molecule has 0 saturated heterocycles.